The minimum atomic E-state index is -0.161. The highest BCUT2D eigenvalue weighted by Gasteiger charge is 2.09. The molecule has 0 saturated heterocycles. The quantitative estimate of drug-likeness (QED) is 0.639. The molecular formula is C18H15BrN2O2S. The lowest BCUT2D eigenvalue weighted by molar-refractivity contribution is 0.103. The number of hydrogen-bond acceptors (Lipinski definition) is 4. The number of rotatable bonds is 6. The number of hydrogen-bond donors (Lipinski definition) is 1. The van der Waals surface area contributed by atoms with Gasteiger partial charge in [0.1, 0.15) is 4.88 Å². The fourth-order valence-corrected chi connectivity index (χ4v) is 3.26. The third kappa shape index (κ3) is 4.74. The number of aromatic nitrogens is 1. The Morgan fingerprint density at radius 1 is 1.04 bits per heavy atom. The van der Waals surface area contributed by atoms with Crippen LogP contribution >= 0.6 is 27.3 Å². The number of benzene rings is 2. The summed E-state index contributed by atoms with van der Waals surface area (Å²) in [7, 11) is 0. The van der Waals surface area contributed by atoms with Gasteiger partial charge < -0.3 is 10.1 Å². The predicted octanol–water partition coefficient (Wildman–Crippen LogP) is 4.87. The number of anilines is 1. The van der Waals surface area contributed by atoms with Gasteiger partial charge in [-0.25, -0.2) is 4.98 Å². The maximum atomic E-state index is 12.1. The van der Waals surface area contributed by atoms with Crippen molar-refractivity contribution in [2.24, 2.45) is 0 Å². The van der Waals surface area contributed by atoms with E-state index in [1.165, 1.54) is 11.3 Å². The molecule has 2 aromatic carbocycles. The molecule has 24 heavy (non-hydrogen) atoms. The SMILES string of the molecule is O=C(Nc1ccc(COCc2ccccc2)cc1)c1cnc(Br)s1. The lowest BCUT2D eigenvalue weighted by Gasteiger charge is -2.07. The zero-order valence-electron chi connectivity index (χ0n) is 12.7. The first-order valence-corrected chi connectivity index (χ1v) is 8.95. The lowest BCUT2D eigenvalue weighted by atomic mass is 10.2. The van der Waals surface area contributed by atoms with Crippen LogP contribution in [0.2, 0.25) is 0 Å². The number of amides is 1. The van der Waals surface area contributed by atoms with Crippen molar-refractivity contribution < 1.29 is 9.53 Å². The first-order valence-electron chi connectivity index (χ1n) is 7.34. The first-order chi connectivity index (χ1) is 11.7. The molecule has 0 fully saturated rings. The van der Waals surface area contributed by atoms with Gasteiger partial charge in [0, 0.05) is 5.69 Å². The number of nitrogens with zero attached hydrogens (tertiary/aromatic N) is 1. The van der Waals surface area contributed by atoms with Gasteiger partial charge in [0.05, 0.1) is 19.4 Å². The second-order valence-electron chi connectivity index (χ2n) is 5.11. The molecule has 1 N–H and O–H groups in total. The third-order valence-corrected chi connectivity index (χ3v) is 4.77. The summed E-state index contributed by atoms with van der Waals surface area (Å²) in [5.41, 5.74) is 2.96. The number of ether oxygens (including phenoxy) is 1. The Labute approximate surface area is 152 Å². The van der Waals surface area contributed by atoms with Gasteiger partial charge in [-0.05, 0) is 39.2 Å². The van der Waals surface area contributed by atoms with Crippen LogP contribution in [0.3, 0.4) is 0 Å². The molecule has 122 valence electrons. The molecule has 0 atom stereocenters. The maximum Gasteiger partial charge on any atom is 0.267 e. The highest BCUT2D eigenvalue weighted by atomic mass is 79.9. The van der Waals surface area contributed by atoms with E-state index in [2.05, 4.69) is 26.2 Å². The third-order valence-electron chi connectivity index (χ3n) is 3.29. The number of carbonyl (C=O) groups excluding carboxylic acids is 1. The summed E-state index contributed by atoms with van der Waals surface area (Å²) in [6.07, 6.45) is 1.55. The Balaban J connectivity index is 1.51. The molecule has 0 radical (unpaired) electrons. The molecule has 0 aliphatic rings. The molecular weight excluding hydrogens is 388 g/mol. The molecule has 1 amide bonds. The van der Waals surface area contributed by atoms with Crippen LogP contribution in [0.25, 0.3) is 0 Å². The van der Waals surface area contributed by atoms with Gasteiger partial charge in [0.15, 0.2) is 3.92 Å². The molecule has 0 saturated carbocycles. The van der Waals surface area contributed by atoms with Crippen LogP contribution in [-0.2, 0) is 18.0 Å². The van der Waals surface area contributed by atoms with Crippen molar-refractivity contribution in [2.45, 2.75) is 13.2 Å². The number of nitrogens with one attached hydrogen (secondary N) is 1. The minimum Gasteiger partial charge on any atom is -0.372 e. The summed E-state index contributed by atoms with van der Waals surface area (Å²) < 4.78 is 6.39. The predicted molar refractivity (Wildman–Crippen MR) is 99.1 cm³/mol. The van der Waals surface area contributed by atoms with E-state index in [0.717, 1.165) is 16.8 Å². The van der Waals surface area contributed by atoms with E-state index in [1.54, 1.807) is 6.20 Å². The van der Waals surface area contributed by atoms with Crippen LogP contribution in [0.1, 0.15) is 20.8 Å². The van der Waals surface area contributed by atoms with Crippen LogP contribution in [0.5, 0.6) is 0 Å². The van der Waals surface area contributed by atoms with E-state index in [0.29, 0.717) is 22.0 Å². The van der Waals surface area contributed by atoms with Crippen molar-refractivity contribution in [3.63, 3.8) is 0 Å². The average Bonchev–Trinajstić information content (AvgIpc) is 3.04. The number of carbonyl (C=O) groups is 1. The van der Waals surface area contributed by atoms with E-state index < -0.39 is 0 Å². The molecule has 0 bridgehead atoms. The highest BCUT2D eigenvalue weighted by Crippen LogP contribution is 2.20. The van der Waals surface area contributed by atoms with Crippen molar-refractivity contribution in [3.8, 4) is 0 Å². The number of halogens is 1. The second kappa shape index (κ2) is 8.19. The van der Waals surface area contributed by atoms with E-state index >= 15 is 0 Å². The molecule has 1 aromatic heterocycles. The van der Waals surface area contributed by atoms with Crippen LogP contribution in [0.15, 0.2) is 64.7 Å². The zero-order chi connectivity index (χ0) is 16.8. The van der Waals surface area contributed by atoms with Gasteiger partial charge in [-0.3, -0.25) is 4.79 Å². The van der Waals surface area contributed by atoms with Crippen molar-refractivity contribution in [3.05, 3.63) is 80.7 Å². The van der Waals surface area contributed by atoms with Crippen molar-refractivity contribution >= 4 is 38.9 Å². The molecule has 1 heterocycles. The summed E-state index contributed by atoms with van der Waals surface area (Å²) >= 11 is 4.55. The molecule has 3 rings (SSSR count). The topological polar surface area (TPSA) is 51.2 Å². The fraction of sp³-hybridized carbons (Fsp3) is 0.111. The Hall–Kier alpha value is -2.02. The molecule has 0 spiro atoms. The van der Waals surface area contributed by atoms with Gasteiger partial charge in [-0.2, -0.15) is 0 Å². The summed E-state index contributed by atoms with van der Waals surface area (Å²) in [6.45, 7) is 1.12. The Kier molecular flexibility index (Phi) is 5.74. The summed E-state index contributed by atoms with van der Waals surface area (Å²) in [4.78, 5) is 16.6. The van der Waals surface area contributed by atoms with Crippen molar-refractivity contribution in [1.82, 2.24) is 4.98 Å². The van der Waals surface area contributed by atoms with Crippen LogP contribution in [-0.4, -0.2) is 10.9 Å². The van der Waals surface area contributed by atoms with Gasteiger partial charge in [0.2, 0.25) is 0 Å². The smallest absolute Gasteiger partial charge is 0.267 e. The first kappa shape index (κ1) is 16.8. The van der Waals surface area contributed by atoms with Gasteiger partial charge in [-0.15, -0.1) is 11.3 Å². The van der Waals surface area contributed by atoms with E-state index in [1.807, 2.05) is 54.6 Å². The molecule has 0 aliphatic heterocycles. The van der Waals surface area contributed by atoms with Gasteiger partial charge in [0.25, 0.3) is 5.91 Å². The Bertz CT molecular complexity index is 803. The van der Waals surface area contributed by atoms with Crippen LogP contribution in [0, 0.1) is 0 Å². The lowest BCUT2D eigenvalue weighted by Crippen LogP contribution is -2.10. The standard InChI is InChI=1S/C18H15BrN2O2S/c19-18-20-10-16(24-18)17(22)21-15-8-6-14(7-9-15)12-23-11-13-4-2-1-3-5-13/h1-10H,11-12H2,(H,21,22). The molecule has 0 unspecified atom stereocenters. The second-order valence-corrected chi connectivity index (χ2v) is 7.41. The van der Waals surface area contributed by atoms with Gasteiger partial charge >= 0.3 is 0 Å². The summed E-state index contributed by atoms with van der Waals surface area (Å²) in [5, 5.41) is 2.85. The molecule has 6 heteroatoms. The van der Waals surface area contributed by atoms with E-state index in [4.69, 9.17) is 4.74 Å². The van der Waals surface area contributed by atoms with Gasteiger partial charge in [-0.1, -0.05) is 42.5 Å². The zero-order valence-corrected chi connectivity index (χ0v) is 15.1. The summed E-state index contributed by atoms with van der Waals surface area (Å²) in [6, 6.07) is 17.7. The van der Waals surface area contributed by atoms with Crippen LogP contribution in [0.4, 0.5) is 5.69 Å². The Morgan fingerprint density at radius 3 is 2.33 bits per heavy atom. The van der Waals surface area contributed by atoms with Crippen molar-refractivity contribution in [2.75, 3.05) is 5.32 Å². The molecule has 4 nitrogen and oxygen atoms in total. The van der Waals surface area contributed by atoms with Crippen molar-refractivity contribution in [1.29, 1.82) is 0 Å². The summed E-state index contributed by atoms with van der Waals surface area (Å²) in [5.74, 6) is -0.161. The fourth-order valence-electron chi connectivity index (χ4n) is 2.10. The molecule has 0 aliphatic carbocycles. The maximum absolute atomic E-state index is 12.1. The minimum absolute atomic E-state index is 0.161. The normalized spacial score (nSPS) is 10.5. The van der Waals surface area contributed by atoms with E-state index in [9.17, 15) is 4.79 Å². The molecule has 3 aromatic rings. The monoisotopic (exact) mass is 402 g/mol. The van der Waals surface area contributed by atoms with E-state index in [-0.39, 0.29) is 5.91 Å². The highest BCUT2D eigenvalue weighted by molar-refractivity contribution is 9.11. The Morgan fingerprint density at radius 2 is 1.71 bits per heavy atom. The average molecular weight is 403 g/mol. The van der Waals surface area contributed by atoms with Crippen LogP contribution < -0.4 is 5.32 Å². The largest absolute Gasteiger partial charge is 0.372 e. The number of thiazole rings is 1.